The van der Waals surface area contributed by atoms with Crippen LogP contribution in [0.1, 0.15) is 0 Å². The van der Waals surface area contributed by atoms with E-state index in [9.17, 15) is 5.02 Å². The second-order valence-corrected chi connectivity index (χ2v) is 25.9. The van der Waals surface area contributed by atoms with E-state index in [2.05, 4.69) is 301 Å². The molecule has 1 radical (unpaired) electrons. The molecule has 0 atom stereocenters. The van der Waals surface area contributed by atoms with E-state index in [1.165, 1.54) is 120 Å². The van der Waals surface area contributed by atoms with E-state index < -0.39 is 0 Å². The maximum Gasteiger partial charge on any atom is 0.569 e. The van der Waals surface area contributed by atoms with Gasteiger partial charge in [0, 0.05) is 36.8 Å². The van der Waals surface area contributed by atoms with Crippen molar-refractivity contribution in [2.45, 2.75) is 0 Å². The number of benzene rings is 18. The first-order valence-corrected chi connectivity index (χ1v) is 33.8. The molecule has 0 fully saturated rings. The molecule has 1 N–H and O–H groups in total. The highest BCUT2D eigenvalue weighted by molar-refractivity contribution is 9.10. The third-order valence-corrected chi connectivity index (χ3v) is 19.9. The van der Waals surface area contributed by atoms with Gasteiger partial charge in [0.05, 0.1) is 0 Å². The average Bonchev–Trinajstić information content (AvgIpc) is 1.61. The van der Waals surface area contributed by atoms with Gasteiger partial charge in [0.2, 0.25) is 0 Å². The smallest absolute Gasteiger partial charge is 0.537 e. The first kappa shape index (κ1) is 58.5. The Morgan fingerprint density at radius 2 is 0.551 bits per heavy atom. The first-order chi connectivity index (χ1) is 48.5. The van der Waals surface area contributed by atoms with Crippen LogP contribution in [0.4, 0.5) is 0 Å². The van der Waals surface area contributed by atoms with Crippen LogP contribution in [-0.2, 0) is 0 Å². The van der Waals surface area contributed by atoms with Crippen molar-refractivity contribution in [3.63, 3.8) is 0 Å². The van der Waals surface area contributed by atoms with Crippen molar-refractivity contribution < 1.29 is 18.5 Å². The largest absolute Gasteiger partial charge is 0.569 e. The lowest BCUT2D eigenvalue weighted by molar-refractivity contribution is 0.459. The molecule has 459 valence electrons. The summed E-state index contributed by atoms with van der Waals surface area (Å²) in [6.07, 6.45) is 0. The fraction of sp³-hybridized carbons (Fsp3) is 0. The molecule has 0 bridgehead atoms. The van der Waals surface area contributed by atoms with Crippen LogP contribution in [0.15, 0.2) is 353 Å². The van der Waals surface area contributed by atoms with Crippen LogP contribution in [0, 0.1) is 0 Å². The lowest BCUT2D eigenvalue weighted by Gasteiger charge is -2.18. The van der Waals surface area contributed by atoms with Gasteiger partial charge in [-0.25, -0.2) is 0 Å². The van der Waals surface area contributed by atoms with E-state index in [1.807, 2.05) is 54.6 Å². The van der Waals surface area contributed by atoms with Crippen molar-refractivity contribution >= 4 is 154 Å². The van der Waals surface area contributed by atoms with Crippen LogP contribution in [0.3, 0.4) is 0 Å². The van der Waals surface area contributed by atoms with E-state index in [0.29, 0.717) is 5.75 Å². The minimum atomic E-state index is 0.665. The van der Waals surface area contributed by atoms with Gasteiger partial charge in [-0.1, -0.05) is 289 Å². The minimum absolute atomic E-state index is 0.665. The van der Waals surface area contributed by atoms with Gasteiger partial charge in [0.1, 0.15) is 28.1 Å². The fourth-order valence-corrected chi connectivity index (χ4v) is 15.4. The number of fused-ring (bicyclic) bond motifs is 16. The molecule has 4 nitrogen and oxygen atoms in total. The molecule has 2 aromatic heterocycles. The maximum absolute atomic E-state index is 9.42. The van der Waals surface area contributed by atoms with Crippen LogP contribution in [0.5, 0.6) is 5.75 Å². The Bertz CT molecular complexity index is 6450. The summed E-state index contributed by atoms with van der Waals surface area (Å²) in [5.41, 5.74) is 15.8. The summed E-state index contributed by atoms with van der Waals surface area (Å²) >= 11 is 3.53. The third kappa shape index (κ3) is 10.3. The minimum Gasteiger partial charge on any atom is -0.537 e. The molecule has 0 spiro atoms. The van der Waals surface area contributed by atoms with Crippen molar-refractivity contribution in [1.82, 2.24) is 0 Å². The van der Waals surface area contributed by atoms with Crippen LogP contribution in [0.2, 0.25) is 0 Å². The molecule has 20 aromatic rings. The van der Waals surface area contributed by atoms with Gasteiger partial charge in [-0.15, -0.1) is 0 Å². The molecule has 6 heteroatoms. The Balaban J connectivity index is 0.000000118. The lowest BCUT2D eigenvalue weighted by atomic mass is 9.85. The van der Waals surface area contributed by atoms with Crippen LogP contribution >= 0.6 is 15.9 Å². The quantitative estimate of drug-likeness (QED) is 0.128. The average molecular weight is 1320 g/mol. The molecule has 0 saturated heterocycles. The monoisotopic (exact) mass is 1320 g/mol. The van der Waals surface area contributed by atoms with E-state index >= 15 is 0 Å². The summed E-state index contributed by atoms with van der Waals surface area (Å²) in [5.74, 6) is 0.665. The fourth-order valence-electron chi connectivity index (χ4n) is 15.0. The predicted octanol–water partition coefficient (Wildman–Crippen LogP) is 26.1. The Kier molecular flexibility index (Phi) is 14.7. The summed E-state index contributed by atoms with van der Waals surface area (Å²) in [5, 5.41) is 33.1. The van der Waals surface area contributed by atoms with Gasteiger partial charge in [-0.3, -0.25) is 0 Å². The molecule has 18 aromatic carbocycles. The molecule has 98 heavy (non-hydrogen) atoms. The zero-order valence-electron chi connectivity index (χ0n) is 53.0. The number of rotatable bonds is 7. The summed E-state index contributed by atoms with van der Waals surface area (Å²) in [7, 11) is 0.758. The summed E-state index contributed by atoms with van der Waals surface area (Å²) in [6.45, 7) is 0. The van der Waals surface area contributed by atoms with Crippen LogP contribution in [-0.4, -0.2) is 12.7 Å². The molecule has 0 aliphatic rings. The van der Waals surface area contributed by atoms with Crippen molar-refractivity contribution in [1.29, 1.82) is 0 Å². The molecule has 0 aliphatic carbocycles. The second-order valence-electron chi connectivity index (χ2n) is 25.0. The van der Waals surface area contributed by atoms with E-state index in [-0.39, 0.29) is 0 Å². The number of halogens is 1. The summed E-state index contributed by atoms with van der Waals surface area (Å²) < 4.78 is 18.9. The third-order valence-electron chi connectivity index (χ3n) is 19.4. The molecule has 20 rings (SSSR count). The van der Waals surface area contributed by atoms with Crippen LogP contribution < -0.4 is 4.65 Å². The Morgan fingerprint density at radius 1 is 0.235 bits per heavy atom. The Hall–Kier alpha value is -12.1. The van der Waals surface area contributed by atoms with Crippen molar-refractivity contribution in [2.24, 2.45) is 0 Å². The highest BCUT2D eigenvalue weighted by Crippen LogP contribution is 2.48. The highest BCUT2D eigenvalue weighted by Gasteiger charge is 2.21. The van der Waals surface area contributed by atoms with Gasteiger partial charge in [0.25, 0.3) is 0 Å². The second kappa shape index (κ2) is 24.6. The van der Waals surface area contributed by atoms with Gasteiger partial charge in [-0.2, -0.15) is 0 Å². The van der Waals surface area contributed by atoms with Gasteiger partial charge in [-0.05, 0) is 198 Å². The molecule has 0 saturated carbocycles. The van der Waals surface area contributed by atoms with Crippen molar-refractivity contribution in [3.8, 4) is 61.4 Å². The van der Waals surface area contributed by atoms with Crippen LogP contribution in [0.25, 0.3) is 186 Å². The van der Waals surface area contributed by atoms with Crippen molar-refractivity contribution in [2.75, 3.05) is 0 Å². The standard InChI is InChI=1S/C46H28O.C30H20BO2.C16H9BrO/c1-2-12-31-26-33(21-20-29(31)10-1)32-13-9-14-34(27-32)44-37-16-5-7-18-39(37)45(40-19-8-6-17-38(40)44)35-23-24-42-41(28-35)46-36-15-4-3-11-30(36)22-25-43(46)47-42;32-31-33-30-27-14-5-3-12-25(27)29(26-13-4-6-15-28(26)30)24-11-7-10-22(19-24)23-17-16-20-8-1-2-9-21(20)18-23;17-11-6-8-14-13(9-11)16-12-4-2-1-3-10(12)5-7-15(16)18-14/h1-28H;1-19,32H;1-9H. The Labute approximate surface area is 573 Å². The van der Waals surface area contributed by atoms with Gasteiger partial charge < -0.3 is 18.5 Å². The topological polar surface area (TPSA) is 55.7 Å². The highest BCUT2D eigenvalue weighted by atomic mass is 79.9. The predicted molar refractivity (Wildman–Crippen MR) is 417 cm³/mol. The van der Waals surface area contributed by atoms with Crippen molar-refractivity contribution in [3.05, 3.63) is 344 Å². The number of hydrogen-bond acceptors (Lipinski definition) is 4. The zero-order valence-corrected chi connectivity index (χ0v) is 54.5. The molecular weight excluding hydrogens is 1260 g/mol. The van der Waals surface area contributed by atoms with Gasteiger partial charge in [0.15, 0.2) is 0 Å². The maximum atomic E-state index is 9.42. The van der Waals surface area contributed by atoms with E-state index in [4.69, 9.17) is 13.5 Å². The summed E-state index contributed by atoms with van der Waals surface area (Å²) in [6, 6.07) is 120. The number of furan rings is 2. The Morgan fingerprint density at radius 3 is 1.00 bits per heavy atom. The molecule has 0 unspecified atom stereocenters. The first-order valence-electron chi connectivity index (χ1n) is 33.0. The molecule has 2 heterocycles. The van der Waals surface area contributed by atoms with E-state index in [0.717, 1.165) is 77.9 Å². The summed E-state index contributed by atoms with van der Waals surface area (Å²) in [4.78, 5) is 0. The zero-order chi connectivity index (χ0) is 65.2. The SMILES string of the molecule is Brc1ccc2oc3ccc4ccccc4c3c2c1.O[B]Oc1c2ccccc2c(-c2cccc(-c3ccc4ccccc4c3)c2)c2ccccc12.c1cc(-c2ccc3ccccc3c2)cc(-c2c3ccccc3c(-c3ccc4oc5ccc6ccccc6c5c4c3)c3ccccc23)c1. The molecule has 0 aliphatic heterocycles. The normalized spacial score (nSPS) is 11.6. The molecule has 0 amide bonds. The number of hydrogen-bond donors (Lipinski definition) is 1. The van der Waals surface area contributed by atoms with Gasteiger partial charge >= 0.3 is 7.69 Å². The molecular formula is C92H57BBrO4. The lowest BCUT2D eigenvalue weighted by Crippen LogP contribution is -2.02. The van der Waals surface area contributed by atoms with E-state index in [1.54, 1.807) is 0 Å².